The van der Waals surface area contributed by atoms with Gasteiger partial charge in [0.25, 0.3) is 0 Å². The van der Waals surface area contributed by atoms with Gasteiger partial charge in [-0.2, -0.15) is 0 Å². The number of thiol groups is 1. The van der Waals surface area contributed by atoms with Gasteiger partial charge >= 0.3 is 0 Å². The Bertz CT molecular complexity index is 695. The van der Waals surface area contributed by atoms with Crippen LogP contribution >= 0.6 is 22.7 Å². The Morgan fingerprint density at radius 2 is 2.25 bits per heavy atom. The maximum atomic E-state index is 10.8. The molecule has 1 aromatic carbocycles. The summed E-state index contributed by atoms with van der Waals surface area (Å²) in [7, 11) is 0. The minimum Gasteiger partial charge on any atom is -0.378 e. The van der Waals surface area contributed by atoms with Gasteiger partial charge in [-0.15, -0.1) is 0 Å². The van der Waals surface area contributed by atoms with E-state index in [0.717, 1.165) is 16.4 Å². The molecular formula is C14H14ClN3OS. The molecule has 4 nitrogen and oxygen atoms in total. The summed E-state index contributed by atoms with van der Waals surface area (Å²) in [6.07, 6.45) is 5.89. The van der Waals surface area contributed by atoms with E-state index in [9.17, 15) is 5.11 Å². The Morgan fingerprint density at radius 3 is 3.00 bits per heavy atom. The van der Waals surface area contributed by atoms with E-state index in [1.807, 2.05) is 28.2 Å². The predicted molar refractivity (Wildman–Crippen MR) is 82.8 cm³/mol. The number of aliphatic hydroxyl groups is 1. The molecule has 2 heterocycles. The number of benzene rings is 1. The van der Waals surface area contributed by atoms with Crippen LogP contribution < -0.4 is 0 Å². The monoisotopic (exact) mass is 307 g/mol. The number of aliphatic imine (C=N–C) groups is 1. The van der Waals surface area contributed by atoms with E-state index in [1.165, 1.54) is 12.8 Å². The van der Waals surface area contributed by atoms with Gasteiger partial charge in [-0.25, -0.2) is 9.98 Å². The molecule has 20 heavy (non-hydrogen) atoms. The molecule has 1 fully saturated rings. The van der Waals surface area contributed by atoms with Crippen molar-refractivity contribution in [3.8, 4) is 0 Å². The van der Waals surface area contributed by atoms with E-state index in [2.05, 4.69) is 9.98 Å². The highest BCUT2D eigenvalue weighted by Gasteiger charge is 2.39. The number of aliphatic hydroxyl groups excluding tert-OH is 1. The molecule has 4 rings (SSSR count). The van der Waals surface area contributed by atoms with Crippen LogP contribution in [0.2, 0.25) is 5.02 Å². The first-order chi connectivity index (χ1) is 9.74. The fourth-order valence-electron chi connectivity index (χ4n) is 2.48. The van der Waals surface area contributed by atoms with Crippen LogP contribution in [-0.2, 0) is 0 Å². The van der Waals surface area contributed by atoms with Crippen molar-refractivity contribution in [1.29, 1.82) is 0 Å². The van der Waals surface area contributed by atoms with Crippen LogP contribution in [0.15, 0.2) is 41.8 Å². The van der Waals surface area contributed by atoms with Crippen molar-refractivity contribution in [3.05, 3.63) is 47.4 Å². The lowest BCUT2D eigenvalue weighted by Gasteiger charge is -2.26. The first-order valence-electron chi connectivity index (χ1n) is 6.58. The average Bonchev–Trinajstić information content (AvgIpc) is 3.07. The summed E-state index contributed by atoms with van der Waals surface area (Å²) in [6, 6.07) is 7.43. The molecule has 104 valence electrons. The number of aromatic nitrogens is 2. The molecule has 0 spiro atoms. The van der Waals surface area contributed by atoms with Gasteiger partial charge in [-0.05, 0) is 30.5 Å². The highest BCUT2D eigenvalue weighted by Crippen LogP contribution is 2.56. The number of halogens is 1. The highest BCUT2D eigenvalue weighted by molar-refractivity contribution is 8.29. The molecule has 1 aromatic heterocycles. The summed E-state index contributed by atoms with van der Waals surface area (Å²) in [5.74, 6) is 1.40. The van der Waals surface area contributed by atoms with Crippen molar-refractivity contribution < 1.29 is 5.11 Å². The standard InChI is InChI=1S/C14H14ClN3OS/c15-11-3-1-2-10(6-11)14(19)20-13(9-4-5-9)17-12-7-16-8-18(12)20/h1-3,6-9,14,19-20H,4-5H2. The Labute approximate surface area is 124 Å². The topological polar surface area (TPSA) is 50.4 Å². The molecule has 2 unspecified atom stereocenters. The van der Waals surface area contributed by atoms with Crippen LogP contribution in [0.4, 0.5) is 5.82 Å². The number of fused-ring (bicyclic) bond motifs is 1. The van der Waals surface area contributed by atoms with E-state index in [-0.39, 0.29) is 0 Å². The average molecular weight is 308 g/mol. The summed E-state index contributed by atoms with van der Waals surface area (Å²) in [6.45, 7) is 0. The smallest absolute Gasteiger partial charge is 0.162 e. The summed E-state index contributed by atoms with van der Waals surface area (Å²) in [4.78, 5) is 8.81. The molecule has 1 saturated carbocycles. The summed E-state index contributed by atoms with van der Waals surface area (Å²) in [5.41, 5.74) is 0.261. The molecule has 1 N–H and O–H groups in total. The lowest BCUT2D eigenvalue weighted by Crippen LogP contribution is -2.11. The lowest BCUT2D eigenvalue weighted by molar-refractivity contribution is 0.268. The zero-order chi connectivity index (χ0) is 13.7. The molecule has 1 aliphatic heterocycles. The van der Waals surface area contributed by atoms with Gasteiger partial charge in [0, 0.05) is 10.9 Å². The van der Waals surface area contributed by atoms with E-state index >= 15 is 0 Å². The molecule has 0 saturated heterocycles. The lowest BCUT2D eigenvalue weighted by atomic mass is 10.2. The maximum Gasteiger partial charge on any atom is 0.162 e. The predicted octanol–water partition coefficient (Wildman–Crippen LogP) is 3.45. The quantitative estimate of drug-likeness (QED) is 0.853. The fourth-order valence-corrected chi connectivity index (χ4v) is 5.15. The van der Waals surface area contributed by atoms with Gasteiger partial charge in [0.15, 0.2) is 5.82 Å². The first-order valence-corrected chi connectivity index (χ1v) is 8.32. The summed E-state index contributed by atoms with van der Waals surface area (Å²) in [5, 5.41) is 12.6. The zero-order valence-corrected chi connectivity index (χ0v) is 12.3. The number of rotatable bonds is 3. The molecule has 0 bridgehead atoms. The van der Waals surface area contributed by atoms with Crippen LogP contribution in [0.1, 0.15) is 23.8 Å². The van der Waals surface area contributed by atoms with Crippen LogP contribution in [0.5, 0.6) is 0 Å². The van der Waals surface area contributed by atoms with E-state index in [4.69, 9.17) is 11.6 Å². The van der Waals surface area contributed by atoms with Crippen LogP contribution in [0, 0.1) is 5.92 Å². The third-order valence-corrected chi connectivity index (χ3v) is 6.32. The number of hydrogen-bond donors (Lipinski definition) is 2. The van der Waals surface area contributed by atoms with Gasteiger partial charge in [0.05, 0.1) is 11.2 Å². The molecule has 2 aromatic rings. The minimum atomic E-state index is -0.913. The van der Waals surface area contributed by atoms with E-state index < -0.39 is 16.5 Å². The van der Waals surface area contributed by atoms with Crippen molar-refractivity contribution in [2.75, 3.05) is 0 Å². The second-order valence-corrected chi connectivity index (χ2v) is 7.62. The van der Waals surface area contributed by atoms with Crippen molar-refractivity contribution >= 4 is 33.5 Å². The Kier molecular flexibility index (Phi) is 2.87. The molecule has 6 heteroatoms. The van der Waals surface area contributed by atoms with E-state index in [1.54, 1.807) is 12.5 Å². The Morgan fingerprint density at radius 1 is 1.40 bits per heavy atom. The molecular weight excluding hydrogens is 294 g/mol. The SMILES string of the molecule is OC(c1cccc(Cl)c1)[SH]1C(C2CC2)=Nc2cncn21. The van der Waals surface area contributed by atoms with Crippen molar-refractivity contribution in [3.63, 3.8) is 0 Å². The molecule has 0 amide bonds. The molecule has 2 aliphatic rings. The number of imidazole rings is 1. The Hall–Kier alpha value is -1.30. The van der Waals surface area contributed by atoms with Crippen LogP contribution in [-0.4, -0.2) is 19.1 Å². The second-order valence-electron chi connectivity index (χ2n) is 5.11. The van der Waals surface area contributed by atoms with Gasteiger partial charge in [0.1, 0.15) is 11.8 Å². The third-order valence-electron chi connectivity index (χ3n) is 3.62. The highest BCUT2D eigenvalue weighted by atomic mass is 35.5. The van der Waals surface area contributed by atoms with Crippen LogP contribution in [0.3, 0.4) is 0 Å². The van der Waals surface area contributed by atoms with Gasteiger partial charge in [-0.1, -0.05) is 34.8 Å². The number of nitrogens with zero attached hydrogens (tertiary/aromatic N) is 3. The van der Waals surface area contributed by atoms with Crippen molar-refractivity contribution in [2.24, 2.45) is 10.9 Å². The largest absolute Gasteiger partial charge is 0.378 e. The van der Waals surface area contributed by atoms with Gasteiger partial charge in [0.2, 0.25) is 0 Å². The number of hydrogen-bond acceptors (Lipinski definition) is 3. The van der Waals surface area contributed by atoms with Gasteiger partial charge in [-0.3, -0.25) is 3.97 Å². The summed E-state index contributed by atoms with van der Waals surface area (Å²) >= 11 is 5.12. The Balaban J connectivity index is 1.74. The van der Waals surface area contributed by atoms with Crippen molar-refractivity contribution in [2.45, 2.75) is 18.3 Å². The van der Waals surface area contributed by atoms with Crippen molar-refractivity contribution in [1.82, 2.24) is 8.96 Å². The molecule has 1 aliphatic carbocycles. The summed E-state index contributed by atoms with van der Waals surface area (Å²) < 4.78 is 2.02. The zero-order valence-electron chi connectivity index (χ0n) is 10.6. The fraction of sp³-hybridized carbons (Fsp3) is 0.286. The maximum absolute atomic E-state index is 10.8. The van der Waals surface area contributed by atoms with Crippen LogP contribution in [0.25, 0.3) is 0 Å². The first kappa shape index (κ1) is 12.4. The minimum absolute atomic E-state index is 0.537. The normalized spacial score (nSPS) is 24.3. The van der Waals surface area contributed by atoms with Gasteiger partial charge < -0.3 is 5.11 Å². The molecule has 0 radical (unpaired) electrons. The second kappa shape index (κ2) is 4.62. The molecule has 2 atom stereocenters. The van der Waals surface area contributed by atoms with E-state index in [0.29, 0.717) is 10.9 Å². The third kappa shape index (κ3) is 1.97.